The molecule has 116 valence electrons. The van der Waals surface area contributed by atoms with E-state index >= 15 is 0 Å². The van der Waals surface area contributed by atoms with Gasteiger partial charge in [-0.25, -0.2) is 0 Å². The Bertz CT molecular complexity index is 740. The van der Waals surface area contributed by atoms with Gasteiger partial charge < -0.3 is 9.42 Å². The van der Waals surface area contributed by atoms with Crippen LogP contribution in [0.1, 0.15) is 32.2 Å². The van der Waals surface area contributed by atoms with Crippen LogP contribution in [0.5, 0.6) is 0 Å². The number of anilines is 1. The Labute approximate surface area is 132 Å². The van der Waals surface area contributed by atoms with Crippen molar-refractivity contribution in [3.8, 4) is 10.7 Å². The molecule has 0 amide bonds. The largest absolute Gasteiger partial charge is 0.364 e. The Morgan fingerprint density at radius 1 is 1.32 bits per heavy atom. The lowest BCUT2D eigenvalue weighted by Crippen LogP contribution is -2.16. The molecule has 7 nitrogen and oxygen atoms in total. The van der Waals surface area contributed by atoms with Crippen LogP contribution in [0, 0.1) is 0 Å². The van der Waals surface area contributed by atoms with Gasteiger partial charge in [0.05, 0.1) is 17.9 Å². The molecule has 0 aliphatic carbocycles. The molecule has 1 N–H and O–H groups in total. The normalized spacial score (nSPS) is 11.8. The average molecular weight is 318 g/mol. The van der Waals surface area contributed by atoms with E-state index in [1.54, 1.807) is 6.07 Å². The molecule has 0 atom stereocenters. The summed E-state index contributed by atoms with van der Waals surface area (Å²) in [6.07, 6.45) is 1.53. The van der Waals surface area contributed by atoms with Crippen molar-refractivity contribution in [3.05, 3.63) is 29.8 Å². The minimum atomic E-state index is 0.0379. The Balaban J connectivity index is 1.72. The third kappa shape index (κ3) is 3.01. The summed E-state index contributed by atoms with van der Waals surface area (Å²) >= 11 is 1.48. The number of nitrogens with one attached hydrogen (secondary N) is 1. The molecule has 3 rings (SSSR count). The van der Waals surface area contributed by atoms with Gasteiger partial charge in [-0.15, -0.1) is 10.2 Å². The number of nitrogens with zero attached hydrogens (tertiary/aromatic N) is 5. The molecule has 0 saturated carbocycles. The van der Waals surface area contributed by atoms with E-state index in [-0.39, 0.29) is 5.41 Å². The van der Waals surface area contributed by atoms with E-state index in [1.807, 2.05) is 11.9 Å². The summed E-state index contributed by atoms with van der Waals surface area (Å²) in [5.74, 6) is 0. The van der Waals surface area contributed by atoms with Crippen LogP contribution < -0.4 is 4.90 Å². The molecule has 0 bridgehead atoms. The van der Waals surface area contributed by atoms with E-state index in [0.29, 0.717) is 12.2 Å². The van der Waals surface area contributed by atoms with Gasteiger partial charge in [0.15, 0.2) is 5.01 Å². The van der Waals surface area contributed by atoms with Crippen molar-refractivity contribution >= 4 is 16.5 Å². The summed E-state index contributed by atoms with van der Waals surface area (Å²) in [6.45, 7) is 7.12. The fraction of sp³-hybridized carbons (Fsp3) is 0.429. The summed E-state index contributed by atoms with van der Waals surface area (Å²) in [4.78, 5) is 2.03. The lowest BCUT2D eigenvalue weighted by molar-refractivity contribution is 0.422. The molecule has 0 spiro atoms. The zero-order chi connectivity index (χ0) is 15.7. The van der Waals surface area contributed by atoms with E-state index < -0.39 is 0 Å². The van der Waals surface area contributed by atoms with E-state index in [9.17, 15) is 0 Å². The number of hydrogen-bond donors (Lipinski definition) is 1. The van der Waals surface area contributed by atoms with Gasteiger partial charge in [-0.1, -0.05) is 37.3 Å². The summed E-state index contributed by atoms with van der Waals surface area (Å²) in [7, 11) is 1.98. The third-order valence-corrected chi connectivity index (χ3v) is 4.26. The monoisotopic (exact) mass is 318 g/mol. The lowest BCUT2D eigenvalue weighted by atomic mass is 9.92. The third-order valence-electron chi connectivity index (χ3n) is 3.20. The molecule has 0 unspecified atom stereocenters. The highest BCUT2D eigenvalue weighted by atomic mass is 32.1. The zero-order valence-corrected chi connectivity index (χ0v) is 13.8. The second-order valence-electron chi connectivity index (χ2n) is 6.16. The van der Waals surface area contributed by atoms with Crippen LogP contribution in [-0.2, 0) is 12.0 Å². The maximum absolute atomic E-state index is 4.83. The molecule has 0 aliphatic heterocycles. The Kier molecular flexibility index (Phi) is 3.69. The molecular weight excluding hydrogens is 300 g/mol. The van der Waals surface area contributed by atoms with Gasteiger partial charge in [-0.3, -0.25) is 5.10 Å². The highest BCUT2D eigenvalue weighted by Gasteiger charge is 2.18. The quantitative estimate of drug-likeness (QED) is 0.796. The number of H-pyrrole nitrogens is 1. The van der Waals surface area contributed by atoms with Gasteiger partial charge in [0.1, 0.15) is 12.0 Å². The van der Waals surface area contributed by atoms with E-state index in [1.165, 1.54) is 17.6 Å². The van der Waals surface area contributed by atoms with Gasteiger partial charge >= 0.3 is 0 Å². The topological polar surface area (TPSA) is 83.7 Å². The van der Waals surface area contributed by atoms with Gasteiger partial charge in [0, 0.05) is 18.5 Å². The zero-order valence-electron chi connectivity index (χ0n) is 13.0. The Morgan fingerprint density at radius 2 is 2.14 bits per heavy atom. The second kappa shape index (κ2) is 5.53. The summed E-state index contributed by atoms with van der Waals surface area (Å²) in [5, 5.41) is 21.2. The van der Waals surface area contributed by atoms with Crippen LogP contribution in [0.15, 0.2) is 22.9 Å². The maximum atomic E-state index is 4.83. The molecular formula is C14H18N6OS. The Hall–Kier alpha value is -2.22. The van der Waals surface area contributed by atoms with Crippen molar-refractivity contribution in [2.24, 2.45) is 0 Å². The first kappa shape index (κ1) is 14.7. The van der Waals surface area contributed by atoms with Crippen molar-refractivity contribution in [1.82, 2.24) is 25.6 Å². The maximum Gasteiger partial charge on any atom is 0.208 e. The molecule has 0 radical (unpaired) electrons. The van der Waals surface area contributed by atoms with Gasteiger partial charge in [-0.05, 0) is 6.07 Å². The number of aromatic nitrogens is 5. The van der Waals surface area contributed by atoms with Crippen molar-refractivity contribution < 1.29 is 4.52 Å². The molecule has 8 heteroatoms. The molecule has 0 aliphatic rings. The smallest absolute Gasteiger partial charge is 0.208 e. The van der Waals surface area contributed by atoms with E-state index in [2.05, 4.69) is 52.4 Å². The lowest BCUT2D eigenvalue weighted by Gasteiger charge is -2.14. The number of hydrogen-bond acceptors (Lipinski definition) is 7. The van der Waals surface area contributed by atoms with Crippen LogP contribution in [-0.4, -0.2) is 32.6 Å². The first-order valence-corrected chi connectivity index (χ1v) is 7.75. The van der Waals surface area contributed by atoms with Crippen LogP contribution in [0.2, 0.25) is 0 Å². The predicted octanol–water partition coefficient (Wildman–Crippen LogP) is 2.85. The molecule has 0 aromatic carbocycles. The predicted molar refractivity (Wildman–Crippen MR) is 84.8 cm³/mol. The molecule has 3 heterocycles. The number of aromatic amines is 1. The molecule has 22 heavy (non-hydrogen) atoms. The van der Waals surface area contributed by atoms with Crippen molar-refractivity contribution in [2.75, 3.05) is 11.9 Å². The van der Waals surface area contributed by atoms with Crippen LogP contribution in [0.3, 0.4) is 0 Å². The second-order valence-corrected chi connectivity index (χ2v) is 7.11. The average Bonchev–Trinajstić information content (AvgIpc) is 3.18. The molecule has 0 saturated heterocycles. The van der Waals surface area contributed by atoms with Gasteiger partial charge in [-0.2, -0.15) is 5.10 Å². The first-order chi connectivity index (χ1) is 10.4. The number of rotatable bonds is 4. The fourth-order valence-electron chi connectivity index (χ4n) is 1.95. The van der Waals surface area contributed by atoms with Gasteiger partial charge in [0.25, 0.3) is 0 Å². The van der Waals surface area contributed by atoms with E-state index in [4.69, 9.17) is 4.52 Å². The fourth-order valence-corrected chi connectivity index (χ4v) is 2.71. The van der Waals surface area contributed by atoms with Crippen molar-refractivity contribution in [2.45, 2.75) is 32.7 Å². The van der Waals surface area contributed by atoms with Crippen LogP contribution >= 0.6 is 11.3 Å². The molecule has 3 aromatic heterocycles. The van der Waals surface area contributed by atoms with E-state index in [0.717, 1.165) is 21.5 Å². The van der Waals surface area contributed by atoms with Crippen molar-refractivity contribution in [3.63, 3.8) is 0 Å². The van der Waals surface area contributed by atoms with Crippen LogP contribution in [0.4, 0.5) is 5.13 Å². The highest BCUT2D eigenvalue weighted by Crippen LogP contribution is 2.28. The minimum Gasteiger partial charge on any atom is -0.364 e. The standard InChI is InChI=1S/C14H18N6OS/c1-14(2,3)11-7-9(15-16-11)8-20(4)13-18-17-12(22-13)10-5-6-21-19-10/h5-7H,8H2,1-4H3,(H,15,16). The summed E-state index contributed by atoms with van der Waals surface area (Å²) in [5.41, 5.74) is 2.84. The molecule has 3 aromatic rings. The minimum absolute atomic E-state index is 0.0379. The van der Waals surface area contributed by atoms with Crippen molar-refractivity contribution in [1.29, 1.82) is 0 Å². The highest BCUT2D eigenvalue weighted by molar-refractivity contribution is 7.18. The summed E-state index contributed by atoms with van der Waals surface area (Å²) < 4.78 is 4.83. The Morgan fingerprint density at radius 3 is 2.77 bits per heavy atom. The summed E-state index contributed by atoms with van der Waals surface area (Å²) in [6, 6.07) is 3.87. The van der Waals surface area contributed by atoms with Crippen LogP contribution in [0.25, 0.3) is 10.7 Å². The molecule has 0 fully saturated rings. The first-order valence-electron chi connectivity index (χ1n) is 6.93. The SMILES string of the molecule is CN(Cc1cc(C(C)(C)C)n[nH]1)c1nnc(-c2ccon2)s1. The van der Waals surface area contributed by atoms with Gasteiger partial charge in [0.2, 0.25) is 5.13 Å².